The molecule has 1 unspecified atom stereocenters. The van der Waals surface area contributed by atoms with E-state index in [9.17, 15) is 13.2 Å². The quantitative estimate of drug-likeness (QED) is 0.712. The number of nitrogens with one attached hydrogen (secondary N) is 1. The number of amides is 1. The van der Waals surface area contributed by atoms with Crippen LogP contribution in [0.15, 0.2) is 58.2 Å². The van der Waals surface area contributed by atoms with Crippen LogP contribution in [-0.2, 0) is 28.4 Å². The average molecular weight is 401 g/mol. The van der Waals surface area contributed by atoms with Crippen LogP contribution in [0.2, 0.25) is 0 Å². The van der Waals surface area contributed by atoms with E-state index in [1.54, 1.807) is 30.5 Å². The maximum atomic E-state index is 13.1. The summed E-state index contributed by atoms with van der Waals surface area (Å²) in [6.45, 7) is 0.927. The van der Waals surface area contributed by atoms with E-state index in [0.29, 0.717) is 31.7 Å². The molecule has 1 N–H and O–H groups in total. The van der Waals surface area contributed by atoms with Crippen LogP contribution >= 0.6 is 0 Å². The summed E-state index contributed by atoms with van der Waals surface area (Å²) in [5, 5.41) is 3.72. The number of hydrogen-bond donors (Lipinski definition) is 1. The molecule has 1 atom stereocenters. The average Bonchev–Trinajstić information content (AvgIpc) is 3.36. The van der Waals surface area contributed by atoms with E-state index in [-0.39, 0.29) is 23.3 Å². The Morgan fingerprint density at radius 3 is 2.93 bits per heavy atom. The summed E-state index contributed by atoms with van der Waals surface area (Å²) in [7, 11) is -1.72. The van der Waals surface area contributed by atoms with Gasteiger partial charge in [0, 0.05) is 37.2 Å². The Labute approximate surface area is 164 Å². The minimum Gasteiger partial charge on any atom is -0.467 e. The molecule has 0 bridgehead atoms. The number of benzene rings is 1. The fourth-order valence-corrected chi connectivity index (χ4v) is 5.24. The lowest BCUT2D eigenvalue weighted by Gasteiger charge is -2.31. The van der Waals surface area contributed by atoms with E-state index < -0.39 is 10.0 Å². The molecular formula is C20H23N3O4S. The summed E-state index contributed by atoms with van der Waals surface area (Å²) in [5.74, 6) is 0.165. The first-order valence-electron chi connectivity index (χ1n) is 9.30. The van der Waals surface area contributed by atoms with Gasteiger partial charge in [-0.25, -0.2) is 8.42 Å². The van der Waals surface area contributed by atoms with Gasteiger partial charge in [0.25, 0.3) is 0 Å². The minimum atomic E-state index is -3.64. The largest absolute Gasteiger partial charge is 0.467 e. The van der Waals surface area contributed by atoms with Crippen LogP contribution < -0.4 is 5.32 Å². The van der Waals surface area contributed by atoms with Crippen molar-refractivity contribution >= 4 is 26.8 Å². The summed E-state index contributed by atoms with van der Waals surface area (Å²) in [6, 6.07) is 10.6. The number of aromatic nitrogens is 1. The molecule has 28 heavy (non-hydrogen) atoms. The fourth-order valence-electron chi connectivity index (χ4n) is 3.68. The van der Waals surface area contributed by atoms with Crippen LogP contribution in [-0.4, -0.2) is 36.3 Å². The SMILES string of the molecule is Cn1ccc2cc(S(=O)(=O)N3CCCC(C(=O)NCc4ccco4)C3)ccc21. The molecule has 8 heteroatoms. The first kappa shape index (κ1) is 18.8. The second-order valence-corrected chi connectivity index (χ2v) is 9.08. The molecule has 0 spiro atoms. The standard InChI is InChI=1S/C20H23N3O4S/c1-22-10-8-15-12-18(6-7-19(15)22)28(25,26)23-9-2-4-16(14-23)20(24)21-13-17-5-3-11-27-17/h3,5-8,10-12,16H,2,4,9,13-14H2,1H3,(H,21,24). The Balaban J connectivity index is 1.48. The van der Waals surface area contributed by atoms with Gasteiger partial charge in [-0.15, -0.1) is 0 Å². The molecular weight excluding hydrogens is 378 g/mol. The van der Waals surface area contributed by atoms with Crippen molar-refractivity contribution in [3.8, 4) is 0 Å². The first-order valence-corrected chi connectivity index (χ1v) is 10.7. The zero-order valence-electron chi connectivity index (χ0n) is 15.7. The van der Waals surface area contributed by atoms with Gasteiger partial charge in [-0.1, -0.05) is 0 Å². The summed E-state index contributed by atoms with van der Waals surface area (Å²) < 4.78 is 34.8. The molecule has 1 saturated heterocycles. The number of aryl methyl sites for hydroxylation is 1. The zero-order valence-corrected chi connectivity index (χ0v) is 16.5. The van der Waals surface area contributed by atoms with Crippen LogP contribution in [0, 0.1) is 5.92 Å². The molecule has 1 aliphatic heterocycles. The lowest BCUT2D eigenvalue weighted by atomic mass is 9.99. The molecule has 148 valence electrons. The molecule has 3 heterocycles. The third-order valence-electron chi connectivity index (χ3n) is 5.27. The molecule has 1 aliphatic rings. The van der Waals surface area contributed by atoms with Crippen molar-refractivity contribution in [2.45, 2.75) is 24.3 Å². The Kier molecular flexibility index (Phi) is 4.99. The van der Waals surface area contributed by atoms with Gasteiger partial charge < -0.3 is 14.3 Å². The van der Waals surface area contributed by atoms with E-state index in [1.165, 1.54) is 4.31 Å². The Morgan fingerprint density at radius 1 is 1.29 bits per heavy atom. The van der Waals surface area contributed by atoms with Gasteiger partial charge in [0.1, 0.15) is 5.76 Å². The summed E-state index contributed by atoms with van der Waals surface area (Å²) >= 11 is 0. The molecule has 4 rings (SSSR count). The van der Waals surface area contributed by atoms with E-state index >= 15 is 0 Å². The van der Waals surface area contributed by atoms with E-state index in [1.807, 2.05) is 29.9 Å². The van der Waals surface area contributed by atoms with Gasteiger partial charge in [-0.3, -0.25) is 4.79 Å². The number of hydrogen-bond acceptors (Lipinski definition) is 4. The molecule has 1 fully saturated rings. The highest BCUT2D eigenvalue weighted by Gasteiger charge is 2.33. The number of piperidine rings is 1. The van der Waals surface area contributed by atoms with Crippen molar-refractivity contribution < 1.29 is 17.6 Å². The van der Waals surface area contributed by atoms with Gasteiger partial charge in [-0.05, 0) is 49.2 Å². The number of sulfonamides is 1. The minimum absolute atomic E-state index is 0.144. The lowest BCUT2D eigenvalue weighted by Crippen LogP contribution is -2.45. The van der Waals surface area contributed by atoms with Crippen LogP contribution in [0.25, 0.3) is 10.9 Å². The second-order valence-electron chi connectivity index (χ2n) is 7.15. The molecule has 2 aromatic heterocycles. The van der Waals surface area contributed by atoms with Crippen LogP contribution in [0.1, 0.15) is 18.6 Å². The Bertz CT molecular complexity index is 1090. The number of furan rings is 1. The summed E-state index contributed by atoms with van der Waals surface area (Å²) in [4.78, 5) is 12.8. The monoisotopic (exact) mass is 401 g/mol. The molecule has 0 aliphatic carbocycles. The van der Waals surface area contributed by atoms with Crippen molar-refractivity contribution in [3.63, 3.8) is 0 Å². The number of rotatable bonds is 5. The lowest BCUT2D eigenvalue weighted by molar-refractivity contribution is -0.126. The highest BCUT2D eigenvalue weighted by Crippen LogP contribution is 2.26. The maximum absolute atomic E-state index is 13.1. The maximum Gasteiger partial charge on any atom is 0.243 e. The van der Waals surface area contributed by atoms with Crippen molar-refractivity contribution in [2.24, 2.45) is 13.0 Å². The second kappa shape index (κ2) is 7.44. The van der Waals surface area contributed by atoms with Crippen LogP contribution in [0.3, 0.4) is 0 Å². The van der Waals surface area contributed by atoms with Crippen LogP contribution in [0.5, 0.6) is 0 Å². The number of carbonyl (C=O) groups is 1. The highest BCUT2D eigenvalue weighted by atomic mass is 32.2. The molecule has 0 saturated carbocycles. The highest BCUT2D eigenvalue weighted by molar-refractivity contribution is 7.89. The van der Waals surface area contributed by atoms with E-state index in [2.05, 4.69) is 5.32 Å². The van der Waals surface area contributed by atoms with Crippen molar-refractivity contribution in [2.75, 3.05) is 13.1 Å². The van der Waals surface area contributed by atoms with Crippen molar-refractivity contribution in [1.29, 1.82) is 0 Å². The third kappa shape index (κ3) is 3.57. The topological polar surface area (TPSA) is 84.5 Å². The number of carbonyl (C=O) groups excluding carboxylic acids is 1. The molecule has 1 amide bonds. The molecule has 7 nitrogen and oxygen atoms in total. The van der Waals surface area contributed by atoms with Gasteiger partial charge in [-0.2, -0.15) is 4.31 Å². The normalized spacial score (nSPS) is 18.4. The number of fused-ring (bicyclic) bond motifs is 1. The van der Waals surface area contributed by atoms with Gasteiger partial charge in [0.2, 0.25) is 15.9 Å². The number of nitrogens with zero attached hydrogens (tertiary/aromatic N) is 2. The van der Waals surface area contributed by atoms with Crippen molar-refractivity contribution in [1.82, 2.24) is 14.2 Å². The molecule has 0 radical (unpaired) electrons. The van der Waals surface area contributed by atoms with Crippen molar-refractivity contribution in [3.05, 3.63) is 54.6 Å². The fraction of sp³-hybridized carbons (Fsp3) is 0.350. The van der Waals surface area contributed by atoms with Crippen LogP contribution in [0.4, 0.5) is 0 Å². The smallest absolute Gasteiger partial charge is 0.243 e. The Hall–Kier alpha value is -2.58. The third-order valence-corrected chi connectivity index (χ3v) is 7.13. The predicted octanol–water partition coefficient (Wildman–Crippen LogP) is 2.49. The van der Waals surface area contributed by atoms with Gasteiger partial charge in [0.15, 0.2) is 0 Å². The first-order chi connectivity index (χ1) is 13.4. The van der Waals surface area contributed by atoms with E-state index in [0.717, 1.165) is 10.9 Å². The summed E-state index contributed by atoms with van der Waals surface area (Å²) in [5.41, 5.74) is 0.979. The van der Waals surface area contributed by atoms with Gasteiger partial charge in [0.05, 0.1) is 23.6 Å². The van der Waals surface area contributed by atoms with Gasteiger partial charge >= 0.3 is 0 Å². The molecule has 3 aromatic rings. The molecule has 1 aromatic carbocycles. The Morgan fingerprint density at radius 2 is 2.14 bits per heavy atom. The zero-order chi connectivity index (χ0) is 19.7. The van der Waals surface area contributed by atoms with E-state index in [4.69, 9.17) is 4.42 Å². The summed E-state index contributed by atoms with van der Waals surface area (Å²) in [6.07, 6.45) is 4.79. The predicted molar refractivity (Wildman–Crippen MR) is 105 cm³/mol.